The van der Waals surface area contributed by atoms with Crippen LogP contribution in [0.25, 0.3) is 10.9 Å². The summed E-state index contributed by atoms with van der Waals surface area (Å²) in [4.78, 5) is 7.23. The molecule has 11 heteroatoms. The van der Waals surface area contributed by atoms with Gasteiger partial charge in [-0.25, -0.2) is 8.42 Å². The van der Waals surface area contributed by atoms with Crippen molar-refractivity contribution in [1.29, 1.82) is 0 Å². The Labute approximate surface area is 189 Å². The predicted octanol–water partition coefficient (Wildman–Crippen LogP) is 3.07. The fourth-order valence-corrected chi connectivity index (χ4v) is 4.91. The van der Waals surface area contributed by atoms with Crippen LogP contribution in [0.3, 0.4) is 0 Å². The van der Waals surface area contributed by atoms with Gasteiger partial charge < -0.3 is 10.6 Å². The van der Waals surface area contributed by atoms with Crippen LogP contribution in [0.4, 0.5) is 18.9 Å². The molecule has 3 atom stereocenters. The summed E-state index contributed by atoms with van der Waals surface area (Å²) in [6.07, 6.45) is 0.504. The lowest BCUT2D eigenvalue weighted by molar-refractivity contribution is -0.0436. The molecule has 0 saturated carbocycles. The van der Waals surface area contributed by atoms with E-state index in [4.69, 9.17) is 11.5 Å². The van der Waals surface area contributed by atoms with Crippen LogP contribution in [-0.4, -0.2) is 42.3 Å². The smallest absolute Gasteiger partial charge is 0.326 e. The van der Waals surface area contributed by atoms with Crippen molar-refractivity contribution in [1.82, 2.24) is 9.88 Å². The van der Waals surface area contributed by atoms with Crippen molar-refractivity contribution < 1.29 is 21.6 Å². The van der Waals surface area contributed by atoms with Crippen LogP contribution >= 0.6 is 0 Å². The zero-order chi connectivity index (χ0) is 24.1. The summed E-state index contributed by atoms with van der Waals surface area (Å²) >= 11 is 0. The third-order valence-corrected chi connectivity index (χ3v) is 7.56. The molecule has 0 amide bonds. The zero-order valence-electron chi connectivity index (χ0n) is 18.0. The quantitative estimate of drug-likeness (QED) is 0.592. The Morgan fingerprint density at radius 3 is 2.36 bits per heavy atom. The highest BCUT2D eigenvalue weighted by molar-refractivity contribution is 7.92. The lowest BCUT2D eigenvalue weighted by atomic mass is 10.1. The molecule has 4 N–H and O–H groups in total. The molecule has 1 saturated heterocycles. The van der Waals surface area contributed by atoms with Gasteiger partial charge in [-0.3, -0.25) is 15.6 Å². The third kappa shape index (κ3) is 4.05. The van der Waals surface area contributed by atoms with Gasteiger partial charge in [0.25, 0.3) is 9.84 Å². The highest BCUT2D eigenvalue weighted by Crippen LogP contribution is 2.34. The van der Waals surface area contributed by atoms with E-state index in [2.05, 4.69) is 11.1 Å². The molecular weight excluding hydrogens is 455 g/mol. The second-order valence-corrected chi connectivity index (χ2v) is 10.1. The minimum absolute atomic E-state index is 0.188. The summed E-state index contributed by atoms with van der Waals surface area (Å²) in [5.41, 5.74) is 11.0. The maximum Gasteiger partial charge on any atom is 0.501 e. The summed E-state index contributed by atoms with van der Waals surface area (Å²) in [5, 5.41) is 1.01. The topological polar surface area (TPSA) is 106 Å². The maximum absolute atomic E-state index is 12.8. The van der Waals surface area contributed by atoms with Gasteiger partial charge in [0, 0.05) is 29.9 Å². The van der Waals surface area contributed by atoms with Crippen molar-refractivity contribution in [2.45, 2.75) is 49.3 Å². The van der Waals surface area contributed by atoms with E-state index in [1.54, 1.807) is 11.1 Å². The number of rotatable bonds is 4. The fraction of sp³-hybridized carbons (Fsp3) is 0.318. The number of halogens is 3. The summed E-state index contributed by atoms with van der Waals surface area (Å²) < 4.78 is 61.8. The number of fused-ring (bicyclic) bond motifs is 1. The molecule has 2 aromatic carbocycles. The molecule has 0 spiro atoms. The second kappa shape index (κ2) is 8.24. The molecule has 0 aliphatic carbocycles. The first-order valence-corrected chi connectivity index (χ1v) is 11.7. The first kappa shape index (κ1) is 23.4. The number of benzene rings is 2. The Balaban J connectivity index is 1.63. The number of sulfone groups is 1. The monoisotopic (exact) mass is 479 g/mol. The van der Waals surface area contributed by atoms with Crippen molar-refractivity contribution >= 4 is 26.4 Å². The van der Waals surface area contributed by atoms with Crippen LogP contribution in [0.5, 0.6) is 0 Å². The Morgan fingerprint density at radius 1 is 1.06 bits per heavy atom. The number of anilines is 1. The van der Waals surface area contributed by atoms with E-state index in [0.29, 0.717) is 12.2 Å². The van der Waals surface area contributed by atoms with Crippen LogP contribution in [0, 0.1) is 6.92 Å². The summed E-state index contributed by atoms with van der Waals surface area (Å²) in [6.45, 7) is 4.40. The van der Waals surface area contributed by atoms with E-state index in [0.717, 1.165) is 34.2 Å². The van der Waals surface area contributed by atoms with Crippen molar-refractivity contribution in [2.24, 2.45) is 11.5 Å². The first-order chi connectivity index (χ1) is 15.4. The molecule has 33 heavy (non-hydrogen) atoms. The van der Waals surface area contributed by atoms with Crippen molar-refractivity contribution in [3.05, 3.63) is 65.9 Å². The number of pyridine rings is 1. The number of aromatic nitrogens is 1. The second-order valence-electron chi connectivity index (χ2n) is 8.16. The third-order valence-electron chi connectivity index (χ3n) is 6.05. The van der Waals surface area contributed by atoms with Crippen LogP contribution in [-0.2, 0) is 16.4 Å². The molecule has 1 aliphatic heterocycles. The molecule has 1 fully saturated rings. The number of alkyl halides is 3. The largest absolute Gasteiger partial charge is 0.501 e. The minimum Gasteiger partial charge on any atom is -0.326 e. The normalized spacial score (nSPS) is 22.3. The van der Waals surface area contributed by atoms with Crippen molar-refractivity contribution in [2.75, 3.05) is 4.90 Å². The van der Waals surface area contributed by atoms with E-state index in [1.165, 1.54) is 12.1 Å². The number of nitrogens with zero attached hydrogens (tertiary/aromatic N) is 3. The average Bonchev–Trinajstić information content (AvgIpc) is 2.96. The van der Waals surface area contributed by atoms with Gasteiger partial charge in [0.15, 0.2) is 0 Å². The van der Waals surface area contributed by atoms with Gasteiger partial charge in [-0.1, -0.05) is 11.6 Å². The van der Waals surface area contributed by atoms with Gasteiger partial charge in [0.1, 0.15) is 6.29 Å². The average molecular weight is 480 g/mol. The highest BCUT2D eigenvalue weighted by atomic mass is 32.2. The fourth-order valence-electron chi connectivity index (χ4n) is 4.15. The molecule has 176 valence electrons. The number of aryl methyl sites for hydroxylation is 1. The van der Waals surface area contributed by atoms with Gasteiger partial charge in [-0.2, -0.15) is 13.2 Å². The number of nitrogens with two attached hydrogens (primary N) is 2. The predicted molar refractivity (Wildman–Crippen MR) is 120 cm³/mol. The van der Waals surface area contributed by atoms with E-state index in [1.807, 2.05) is 36.9 Å². The summed E-state index contributed by atoms with van der Waals surface area (Å²) in [5.74, 6) is 0. The van der Waals surface area contributed by atoms with Crippen molar-refractivity contribution in [3.8, 4) is 0 Å². The van der Waals surface area contributed by atoms with Gasteiger partial charge in [-0.15, -0.1) is 0 Å². The Morgan fingerprint density at radius 2 is 1.73 bits per heavy atom. The van der Waals surface area contributed by atoms with Crippen LogP contribution in [0.15, 0.2) is 59.6 Å². The van der Waals surface area contributed by atoms with Gasteiger partial charge in [0.2, 0.25) is 0 Å². The SMILES string of the molecule is Cc1ccc2nccc(CN3C(C)C(N)N(c4ccc(S(=O)(=O)C(F)(F)F)cc4)C3N)c2c1. The molecule has 4 rings (SSSR count). The van der Waals surface area contributed by atoms with Gasteiger partial charge in [0.05, 0.1) is 16.6 Å². The maximum atomic E-state index is 12.8. The summed E-state index contributed by atoms with van der Waals surface area (Å²) in [6, 6.07) is 12.2. The molecule has 2 heterocycles. The molecule has 0 bridgehead atoms. The van der Waals surface area contributed by atoms with E-state index >= 15 is 0 Å². The Kier molecular flexibility index (Phi) is 5.85. The molecule has 1 aromatic heterocycles. The van der Waals surface area contributed by atoms with Crippen molar-refractivity contribution in [3.63, 3.8) is 0 Å². The Hall–Kier alpha value is -2.73. The summed E-state index contributed by atoms with van der Waals surface area (Å²) in [7, 11) is -5.43. The lowest BCUT2D eigenvalue weighted by Gasteiger charge is -2.30. The van der Waals surface area contributed by atoms with E-state index < -0.39 is 32.7 Å². The zero-order valence-corrected chi connectivity index (χ0v) is 18.8. The molecule has 3 aromatic rings. The molecule has 0 radical (unpaired) electrons. The van der Waals surface area contributed by atoms with Gasteiger partial charge >= 0.3 is 5.51 Å². The van der Waals surface area contributed by atoms with Crippen LogP contribution < -0.4 is 16.4 Å². The Bertz CT molecular complexity index is 1280. The molecule has 3 unspecified atom stereocenters. The standard InChI is InChI=1S/C22H24F3N5O2S/c1-13-3-8-19-18(11-13)15(9-10-28-19)12-29-14(2)20(26)30(21(29)27)16-4-6-17(7-5-16)33(31,32)22(23,24)25/h3-11,14,20-21H,12,26-27H2,1-2H3. The highest BCUT2D eigenvalue weighted by Gasteiger charge is 2.47. The van der Waals surface area contributed by atoms with Crippen LogP contribution in [0.1, 0.15) is 18.1 Å². The van der Waals surface area contributed by atoms with Crippen LogP contribution in [0.2, 0.25) is 0 Å². The van der Waals surface area contributed by atoms with E-state index in [-0.39, 0.29) is 6.04 Å². The number of hydrogen-bond acceptors (Lipinski definition) is 7. The number of hydrogen-bond donors (Lipinski definition) is 2. The molecule has 1 aliphatic rings. The van der Waals surface area contributed by atoms with Gasteiger partial charge in [-0.05, 0) is 61.9 Å². The molecular formula is C22H24F3N5O2S. The first-order valence-electron chi connectivity index (χ1n) is 10.2. The minimum atomic E-state index is -5.43. The van der Waals surface area contributed by atoms with E-state index in [9.17, 15) is 21.6 Å². The molecule has 7 nitrogen and oxygen atoms in total. The lowest BCUT2D eigenvalue weighted by Crippen LogP contribution is -2.49.